The van der Waals surface area contributed by atoms with Crippen LogP contribution in [0.1, 0.15) is 36.0 Å². The highest BCUT2D eigenvalue weighted by Gasteiger charge is 2.36. The van der Waals surface area contributed by atoms with Crippen molar-refractivity contribution in [1.82, 2.24) is 10.1 Å². The van der Waals surface area contributed by atoms with Gasteiger partial charge in [-0.05, 0) is 24.5 Å². The van der Waals surface area contributed by atoms with E-state index in [9.17, 15) is 9.90 Å². The van der Waals surface area contributed by atoms with E-state index in [-0.39, 0.29) is 0 Å². The second-order valence-electron chi connectivity index (χ2n) is 5.64. The van der Waals surface area contributed by atoms with E-state index in [0.29, 0.717) is 24.8 Å². The van der Waals surface area contributed by atoms with Crippen molar-refractivity contribution in [3.8, 4) is 0 Å². The van der Waals surface area contributed by atoms with E-state index < -0.39 is 12.0 Å². The molecule has 6 heteroatoms. The van der Waals surface area contributed by atoms with Crippen LogP contribution in [-0.2, 0) is 17.8 Å². The van der Waals surface area contributed by atoms with Crippen molar-refractivity contribution in [2.45, 2.75) is 37.8 Å². The molecule has 0 spiro atoms. The monoisotopic (exact) mass is 285 g/mol. The summed E-state index contributed by atoms with van der Waals surface area (Å²) in [6.07, 6.45) is 2.74. The number of carboxylic acid groups (broad SMARTS) is 1. The molecular formula is C15H15N3O3. The van der Waals surface area contributed by atoms with Gasteiger partial charge < -0.3 is 14.5 Å². The zero-order valence-electron chi connectivity index (χ0n) is 11.4. The topological polar surface area (TPSA) is 79.5 Å². The van der Waals surface area contributed by atoms with Crippen LogP contribution < -0.4 is 4.90 Å². The molecule has 2 heterocycles. The molecule has 1 saturated carbocycles. The van der Waals surface area contributed by atoms with Crippen molar-refractivity contribution in [2.24, 2.45) is 0 Å². The fourth-order valence-electron chi connectivity index (χ4n) is 2.85. The number of hydrogen-bond donors (Lipinski definition) is 1. The molecule has 0 amide bonds. The predicted octanol–water partition coefficient (Wildman–Crippen LogP) is 1.96. The van der Waals surface area contributed by atoms with E-state index in [1.165, 1.54) is 0 Å². The minimum absolute atomic E-state index is 0.341. The number of aromatic nitrogens is 2. The quantitative estimate of drug-likeness (QED) is 0.925. The van der Waals surface area contributed by atoms with Crippen LogP contribution in [0.15, 0.2) is 28.8 Å². The summed E-state index contributed by atoms with van der Waals surface area (Å²) in [6.45, 7) is 0.341. The Hall–Kier alpha value is -2.37. The maximum atomic E-state index is 11.5. The molecule has 1 N–H and O–H groups in total. The number of benzene rings is 1. The van der Waals surface area contributed by atoms with Crippen LogP contribution in [0.3, 0.4) is 0 Å². The molecule has 1 atom stereocenters. The highest BCUT2D eigenvalue weighted by atomic mass is 16.5. The zero-order valence-corrected chi connectivity index (χ0v) is 11.4. The van der Waals surface area contributed by atoms with Crippen LogP contribution in [0.5, 0.6) is 0 Å². The number of aliphatic carboxylic acids is 1. The summed E-state index contributed by atoms with van der Waals surface area (Å²) in [7, 11) is 0. The van der Waals surface area contributed by atoms with Gasteiger partial charge in [0.05, 0.1) is 6.54 Å². The van der Waals surface area contributed by atoms with Crippen LogP contribution in [0.25, 0.3) is 0 Å². The highest BCUT2D eigenvalue weighted by Crippen LogP contribution is 2.38. The van der Waals surface area contributed by atoms with E-state index in [2.05, 4.69) is 10.1 Å². The van der Waals surface area contributed by atoms with Gasteiger partial charge in [-0.2, -0.15) is 4.98 Å². The molecule has 1 aliphatic heterocycles. The summed E-state index contributed by atoms with van der Waals surface area (Å²) < 4.78 is 5.28. The summed E-state index contributed by atoms with van der Waals surface area (Å²) in [5.41, 5.74) is 1.99. The Labute approximate surface area is 121 Å². The van der Waals surface area contributed by atoms with E-state index in [0.717, 1.165) is 29.9 Å². The van der Waals surface area contributed by atoms with Gasteiger partial charge in [-0.1, -0.05) is 23.4 Å². The molecule has 4 rings (SSSR count). The largest absolute Gasteiger partial charge is 0.480 e. The fourth-order valence-corrected chi connectivity index (χ4v) is 2.85. The fraction of sp³-hybridized carbons (Fsp3) is 0.400. The Morgan fingerprint density at radius 2 is 2.19 bits per heavy atom. The van der Waals surface area contributed by atoms with Crippen LogP contribution in [0.2, 0.25) is 0 Å². The average molecular weight is 285 g/mol. The van der Waals surface area contributed by atoms with Crippen LogP contribution in [-0.4, -0.2) is 27.3 Å². The predicted molar refractivity (Wildman–Crippen MR) is 74.0 cm³/mol. The molecular weight excluding hydrogens is 270 g/mol. The van der Waals surface area contributed by atoms with Crippen molar-refractivity contribution < 1.29 is 14.4 Å². The number of carboxylic acids is 1. The van der Waals surface area contributed by atoms with E-state index in [1.807, 2.05) is 29.2 Å². The number of fused-ring (bicyclic) bond motifs is 1. The highest BCUT2D eigenvalue weighted by molar-refractivity contribution is 5.82. The van der Waals surface area contributed by atoms with Crippen LogP contribution >= 0.6 is 0 Å². The Kier molecular flexibility index (Phi) is 2.70. The second-order valence-corrected chi connectivity index (χ2v) is 5.64. The molecule has 108 valence electrons. The number of nitrogens with zero attached hydrogens (tertiary/aromatic N) is 3. The minimum atomic E-state index is -0.826. The van der Waals surface area contributed by atoms with Gasteiger partial charge in [-0.15, -0.1) is 0 Å². The lowest BCUT2D eigenvalue weighted by Gasteiger charge is -2.22. The van der Waals surface area contributed by atoms with E-state index >= 15 is 0 Å². The molecule has 1 aromatic heterocycles. The first kappa shape index (κ1) is 12.4. The average Bonchev–Trinajstić information content (AvgIpc) is 3.12. The smallest absolute Gasteiger partial charge is 0.326 e. The summed E-state index contributed by atoms with van der Waals surface area (Å²) in [4.78, 5) is 17.7. The van der Waals surface area contributed by atoms with Gasteiger partial charge in [0.1, 0.15) is 6.04 Å². The Morgan fingerprint density at radius 3 is 2.95 bits per heavy atom. The Balaban J connectivity index is 1.62. The van der Waals surface area contributed by atoms with Gasteiger partial charge in [0.2, 0.25) is 5.89 Å². The normalized spacial score (nSPS) is 20.6. The molecule has 1 aliphatic carbocycles. The SMILES string of the molecule is O=C(O)C1Cc2ccccc2N1Cc1nc(C2CC2)no1. The number of carbonyl (C=O) groups is 1. The standard InChI is InChI=1S/C15H15N3O3/c19-15(20)12-7-10-3-1-2-4-11(10)18(12)8-13-16-14(17-21-13)9-5-6-9/h1-4,9,12H,5-8H2,(H,19,20). The number of rotatable bonds is 4. The molecule has 1 aromatic carbocycles. The molecule has 6 nitrogen and oxygen atoms in total. The first-order valence-electron chi connectivity index (χ1n) is 7.12. The maximum Gasteiger partial charge on any atom is 0.326 e. The lowest BCUT2D eigenvalue weighted by Crippen LogP contribution is -2.38. The van der Waals surface area contributed by atoms with Crippen molar-refractivity contribution in [3.63, 3.8) is 0 Å². The van der Waals surface area contributed by atoms with Crippen molar-refractivity contribution in [3.05, 3.63) is 41.5 Å². The summed E-state index contributed by atoms with van der Waals surface area (Å²) >= 11 is 0. The van der Waals surface area contributed by atoms with Gasteiger partial charge in [-0.3, -0.25) is 0 Å². The second kappa shape index (κ2) is 4.58. The minimum Gasteiger partial charge on any atom is -0.480 e. The molecule has 0 bridgehead atoms. The van der Waals surface area contributed by atoms with Gasteiger partial charge >= 0.3 is 5.97 Å². The van der Waals surface area contributed by atoms with Crippen molar-refractivity contribution in [2.75, 3.05) is 4.90 Å². The molecule has 21 heavy (non-hydrogen) atoms. The molecule has 1 fully saturated rings. The molecule has 1 unspecified atom stereocenters. The molecule has 0 saturated heterocycles. The van der Waals surface area contributed by atoms with Crippen LogP contribution in [0, 0.1) is 0 Å². The van der Waals surface area contributed by atoms with Crippen molar-refractivity contribution >= 4 is 11.7 Å². The number of para-hydroxylation sites is 1. The van der Waals surface area contributed by atoms with Gasteiger partial charge in [0, 0.05) is 18.0 Å². The maximum absolute atomic E-state index is 11.5. The van der Waals surface area contributed by atoms with E-state index in [4.69, 9.17) is 4.52 Å². The molecule has 2 aromatic rings. The summed E-state index contributed by atoms with van der Waals surface area (Å²) in [5.74, 6) is 0.848. The van der Waals surface area contributed by atoms with Gasteiger partial charge in [0.25, 0.3) is 0 Å². The van der Waals surface area contributed by atoms with Crippen LogP contribution in [0.4, 0.5) is 5.69 Å². The van der Waals surface area contributed by atoms with E-state index in [1.54, 1.807) is 0 Å². The lowest BCUT2D eigenvalue weighted by molar-refractivity contribution is -0.138. The Bertz CT molecular complexity index is 693. The summed E-state index contributed by atoms with van der Waals surface area (Å²) in [5, 5.41) is 13.4. The third kappa shape index (κ3) is 2.16. The third-order valence-corrected chi connectivity index (χ3v) is 4.11. The number of anilines is 1. The van der Waals surface area contributed by atoms with Crippen molar-refractivity contribution in [1.29, 1.82) is 0 Å². The Morgan fingerprint density at radius 1 is 1.38 bits per heavy atom. The first-order chi connectivity index (χ1) is 10.2. The lowest BCUT2D eigenvalue weighted by atomic mass is 10.1. The first-order valence-corrected chi connectivity index (χ1v) is 7.12. The van der Waals surface area contributed by atoms with Gasteiger partial charge in [-0.25, -0.2) is 4.79 Å². The zero-order chi connectivity index (χ0) is 14.4. The third-order valence-electron chi connectivity index (χ3n) is 4.11. The number of hydrogen-bond acceptors (Lipinski definition) is 5. The molecule has 2 aliphatic rings. The molecule has 0 radical (unpaired) electrons. The summed E-state index contributed by atoms with van der Waals surface area (Å²) in [6, 6.07) is 7.18. The van der Waals surface area contributed by atoms with Gasteiger partial charge in [0.15, 0.2) is 5.82 Å².